The lowest BCUT2D eigenvalue weighted by Crippen LogP contribution is -2.25. The van der Waals surface area contributed by atoms with E-state index in [9.17, 15) is 4.55 Å². The molecule has 0 radical (unpaired) electrons. The van der Waals surface area contributed by atoms with Crippen molar-refractivity contribution < 1.29 is 4.55 Å². The van der Waals surface area contributed by atoms with Crippen molar-refractivity contribution in [3.8, 4) is 10.4 Å². The Balaban J connectivity index is 2.13. The van der Waals surface area contributed by atoms with Gasteiger partial charge >= 0.3 is 0 Å². The summed E-state index contributed by atoms with van der Waals surface area (Å²) in [4.78, 5) is 1.30. The highest BCUT2D eigenvalue weighted by Crippen LogP contribution is 2.28. The molecule has 1 aromatic heterocycles. The van der Waals surface area contributed by atoms with E-state index >= 15 is 0 Å². The molecule has 0 N–H and O–H groups in total. The Bertz CT molecular complexity index is 594. The Hall–Kier alpha value is -1.10. The molecule has 1 aromatic carbocycles. The number of hydrogen-bond donors (Lipinski definition) is 0. The van der Waals surface area contributed by atoms with Gasteiger partial charge in [-0.3, -0.25) is 0 Å². The Labute approximate surface area is 127 Å². The lowest BCUT2D eigenvalue weighted by Gasteiger charge is -2.17. The highest BCUT2D eigenvalue weighted by Gasteiger charge is 2.25. The van der Waals surface area contributed by atoms with Crippen LogP contribution in [-0.4, -0.2) is 15.5 Å². The molecular weight excluding hydrogens is 286 g/mol. The molecule has 2 nitrogen and oxygen atoms in total. The Morgan fingerprint density at radius 2 is 1.80 bits per heavy atom. The number of hydrogen-bond acceptors (Lipinski definition) is 3. The van der Waals surface area contributed by atoms with E-state index in [1.54, 1.807) is 17.6 Å². The number of benzene rings is 1. The second-order valence-electron chi connectivity index (χ2n) is 5.65. The molecule has 0 saturated heterocycles. The molecule has 2 rings (SSSR count). The first kappa shape index (κ1) is 15.3. The van der Waals surface area contributed by atoms with E-state index in [0.717, 1.165) is 5.56 Å². The fourth-order valence-corrected chi connectivity index (χ4v) is 3.12. The summed E-state index contributed by atoms with van der Waals surface area (Å²) in [6.45, 7) is 7.88. The zero-order valence-electron chi connectivity index (χ0n) is 12.2. The van der Waals surface area contributed by atoms with Crippen LogP contribution in [0.3, 0.4) is 0 Å². The number of nitrogens with zero attached hydrogens (tertiary/aromatic N) is 1. The molecule has 1 atom stereocenters. The van der Waals surface area contributed by atoms with E-state index < -0.39 is 11.4 Å². The standard InChI is InChI=1S/C16H19NOS2/c1-12-9-10-19-15(12)14-7-5-13(6-8-14)11-17-20(18)16(2,3)4/h5-11H,1-4H3. The predicted molar refractivity (Wildman–Crippen MR) is 90.0 cm³/mol. The van der Waals surface area contributed by atoms with Gasteiger partial charge in [0.05, 0.1) is 6.21 Å². The summed E-state index contributed by atoms with van der Waals surface area (Å²) in [5.74, 6) is 0. The summed E-state index contributed by atoms with van der Waals surface area (Å²) >= 11 is 0.543. The van der Waals surface area contributed by atoms with Gasteiger partial charge in [0.15, 0.2) is 0 Å². The second kappa shape index (κ2) is 6.12. The number of aryl methyl sites for hydroxylation is 1. The molecule has 4 heteroatoms. The molecule has 1 unspecified atom stereocenters. The van der Waals surface area contributed by atoms with Crippen LogP contribution >= 0.6 is 11.3 Å². The highest BCUT2D eigenvalue weighted by molar-refractivity contribution is 7.91. The van der Waals surface area contributed by atoms with E-state index in [1.807, 2.05) is 32.9 Å². The molecular formula is C16H19NOS2. The van der Waals surface area contributed by atoms with Gasteiger partial charge in [-0.05, 0) is 55.8 Å². The van der Waals surface area contributed by atoms with E-state index in [-0.39, 0.29) is 4.75 Å². The molecule has 0 spiro atoms. The Morgan fingerprint density at radius 1 is 1.15 bits per heavy atom. The van der Waals surface area contributed by atoms with Crippen LogP contribution in [-0.2, 0) is 11.4 Å². The summed E-state index contributed by atoms with van der Waals surface area (Å²) in [5, 5.41) is 2.10. The first-order valence-electron chi connectivity index (χ1n) is 6.48. The van der Waals surface area contributed by atoms with Crippen LogP contribution in [0.2, 0.25) is 0 Å². The van der Waals surface area contributed by atoms with Crippen molar-refractivity contribution in [3.63, 3.8) is 0 Å². The third-order valence-electron chi connectivity index (χ3n) is 2.86. The maximum atomic E-state index is 11.9. The van der Waals surface area contributed by atoms with Gasteiger partial charge in [0.2, 0.25) is 0 Å². The molecule has 1 heterocycles. The molecule has 20 heavy (non-hydrogen) atoms. The topological polar surface area (TPSA) is 35.4 Å². The van der Waals surface area contributed by atoms with Crippen LogP contribution in [0, 0.1) is 6.92 Å². The van der Waals surface area contributed by atoms with Crippen LogP contribution < -0.4 is 0 Å². The summed E-state index contributed by atoms with van der Waals surface area (Å²) in [5.41, 5.74) is 3.48. The molecule has 106 valence electrons. The quantitative estimate of drug-likeness (QED) is 0.602. The highest BCUT2D eigenvalue weighted by atomic mass is 32.2. The lowest BCUT2D eigenvalue weighted by molar-refractivity contribution is 0.562. The van der Waals surface area contributed by atoms with Gasteiger partial charge in [0.25, 0.3) is 0 Å². The summed E-state index contributed by atoms with van der Waals surface area (Å²) in [6, 6.07) is 10.3. The van der Waals surface area contributed by atoms with Crippen molar-refractivity contribution in [3.05, 3.63) is 46.8 Å². The second-order valence-corrected chi connectivity index (χ2v) is 8.50. The normalized spacial score (nSPS) is 13.8. The molecule has 0 aliphatic heterocycles. The lowest BCUT2D eigenvalue weighted by atomic mass is 10.1. The van der Waals surface area contributed by atoms with Crippen LogP contribution in [0.25, 0.3) is 10.4 Å². The summed E-state index contributed by atoms with van der Waals surface area (Å²) in [6.07, 6.45) is 1.69. The predicted octanol–water partition coefficient (Wildman–Crippen LogP) is 4.60. The molecule has 2 aromatic rings. The maximum Gasteiger partial charge on any atom is 0.144 e. The largest absolute Gasteiger partial charge is 0.591 e. The average Bonchev–Trinajstić information content (AvgIpc) is 2.82. The first-order chi connectivity index (χ1) is 9.38. The van der Waals surface area contributed by atoms with Gasteiger partial charge in [-0.1, -0.05) is 28.7 Å². The minimum atomic E-state index is -1.20. The van der Waals surface area contributed by atoms with Crippen LogP contribution in [0.4, 0.5) is 0 Å². The van der Waals surface area contributed by atoms with Crippen molar-refractivity contribution in [2.75, 3.05) is 0 Å². The van der Waals surface area contributed by atoms with Gasteiger partial charge in [-0.25, -0.2) is 0 Å². The first-order valence-corrected chi connectivity index (χ1v) is 8.47. The third kappa shape index (κ3) is 3.72. The van der Waals surface area contributed by atoms with Gasteiger partial charge in [0, 0.05) is 4.88 Å². The number of rotatable bonds is 3. The maximum absolute atomic E-state index is 11.9. The van der Waals surface area contributed by atoms with Crippen molar-refractivity contribution in [2.24, 2.45) is 4.40 Å². The van der Waals surface area contributed by atoms with Crippen LogP contribution in [0.5, 0.6) is 0 Å². The van der Waals surface area contributed by atoms with E-state index in [2.05, 4.69) is 34.9 Å². The summed E-state index contributed by atoms with van der Waals surface area (Å²) < 4.78 is 15.7. The molecule has 0 aliphatic rings. The zero-order valence-corrected chi connectivity index (χ0v) is 13.8. The molecule has 0 bridgehead atoms. The van der Waals surface area contributed by atoms with E-state index in [4.69, 9.17) is 0 Å². The third-order valence-corrected chi connectivity index (χ3v) is 5.27. The molecule has 0 aliphatic carbocycles. The Kier molecular flexibility index (Phi) is 4.68. The average molecular weight is 305 g/mol. The van der Waals surface area contributed by atoms with Crippen molar-refractivity contribution in [1.82, 2.24) is 0 Å². The molecule has 0 fully saturated rings. The van der Waals surface area contributed by atoms with Crippen molar-refractivity contribution >= 4 is 28.9 Å². The zero-order chi connectivity index (χ0) is 14.8. The fraction of sp³-hybridized carbons (Fsp3) is 0.312. The van der Waals surface area contributed by atoms with Crippen LogP contribution in [0.1, 0.15) is 31.9 Å². The van der Waals surface area contributed by atoms with Crippen molar-refractivity contribution in [1.29, 1.82) is 0 Å². The van der Waals surface area contributed by atoms with Gasteiger partial charge in [-0.2, -0.15) is 0 Å². The number of thiophene rings is 1. The fourth-order valence-electron chi connectivity index (χ4n) is 1.66. The van der Waals surface area contributed by atoms with Crippen molar-refractivity contribution in [2.45, 2.75) is 32.4 Å². The minimum absolute atomic E-state index is 0.315. The van der Waals surface area contributed by atoms with Gasteiger partial charge < -0.3 is 4.55 Å². The monoisotopic (exact) mass is 305 g/mol. The smallest absolute Gasteiger partial charge is 0.144 e. The van der Waals surface area contributed by atoms with E-state index in [0.29, 0.717) is 0 Å². The van der Waals surface area contributed by atoms with Crippen LogP contribution in [0.15, 0.2) is 40.1 Å². The SMILES string of the molecule is Cc1ccsc1-c1ccc(C=N[S+]([O-])C(C)(C)C)cc1. The van der Waals surface area contributed by atoms with Gasteiger partial charge in [0.1, 0.15) is 16.1 Å². The summed E-state index contributed by atoms with van der Waals surface area (Å²) in [7, 11) is 0. The molecule has 0 amide bonds. The van der Waals surface area contributed by atoms with Gasteiger partial charge in [-0.15, -0.1) is 11.3 Å². The molecule has 0 saturated carbocycles. The Morgan fingerprint density at radius 3 is 2.30 bits per heavy atom. The van der Waals surface area contributed by atoms with E-state index in [1.165, 1.54) is 16.0 Å². The minimum Gasteiger partial charge on any atom is -0.591 e.